The Bertz CT molecular complexity index is 572. The van der Waals surface area contributed by atoms with Gasteiger partial charge in [0.2, 0.25) is 0 Å². The molecule has 2 heteroatoms. The van der Waals surface area contributed by atoms with Crippen molar-refractivity contribution in [3.63, 3.8) is 0 Å². The van der Waals surface area contributed by atoms with Crippen LogP contribution in [-0.4, -0.2) is 6.10 Å². The van der Waals surface area contributed by atoms with Gasteiger partial charge in [0.25, 0.3) is 0 Å². The average Bonchev–Trinajstić information content (AvgIpc) is 2.41. The summed E-state index contributed by atoms with van der Waals surface area (Å²) in [5.74, 6) is 0.921. The molecule has 0 bridgehead atoms. The van der Waals surface area contributed by atoms with E-state index in [9.17, 15) is 0 Å². The Morgan fingerprint density at radius 2 is 1.60 bits per heavy atom. The van der Waals surface area contributed by atoms with Crippen LogP contribution in [0.2, 0.25) is 0 Å². The molecule has 0 aliphatic rings. The standard InChI is InChI=1S/C18H21BrO/c1-12(2)20-16-9-7-15(8-10-16)18(19)17-11-13(3)5-6-14(17)4/h5-12,18H,1-4H3. The van der Waals surface area contributed by atoms with E-state index >= 15 is 0 Å². The maximum Gasteiger partial charge on any atom is 0.119 e. The molecule has 0 saturated heterocycles. The first-order valence-corrected chi connectivity index (χ1v) is 7.87. The van der Waals surface area contributed by atoms with Gasteiger partial charge in [-0.3, -0.25) is 0 Å². The molecule has 0 spiro atoms. The predicted molar refractivity (Wildman–Crippen MR) is 88.9 cm³/mol. The molecule has 2 aromatic rings. The van der Waals surface area contributed by atoms with Crippen molar-refractivity contribution in [3.05, 3.63) is 64.7 Å². The van der Waals surface area contributed by atoms with E-state index < -0.39 is 0 Å². The molecule has 20 heavy (non-hydrogen) atoms. The minimum Gasteiger partial charge on any atom is -0.491 e. The third-order valence-electron chi connectivity index (χ3n) is 3.25. The first-order chi connectivity index (χ1) is 9.47. The molecular weight excluding hydrogens is 312 g/mol. The minimum atomic E-state index is 0.208. The second-order valence-electron chi connectivity index (χ2n) is 5.46. The van der Waals surface area contributed by atoms with Gasteiger partial charge < -0.3 is 4.74 Å². The van der Waals surface area contributed by atoms with Gasteiger partial charge in [-0.05, 0) is 56.5 Å². The zero-order chi connectivity index (χ0) is 14.7. The lowest BCUT2D eigenvalue weighted by Gasteiger charge is -2.16. The number of hydrogen-bond acceptors (Lipinski definition) is 1. The Hall–Kier alpha value is -1.28. The van der Waals surface area contributed by atoms with Crippen molar-refractivity contribution in [2.24, 2.45) is 0 Å². The molecule has 0 amide bonds. The Labute approximate surface area is 130 Å². The Morgan fingerprint density at radius 1 is 0.950 bits per heavy atom. The number of alkyl halides is 1. The van der Waals surface area contributed by atoms with E-state index in [2.05, 4.69) is 60.1 Å². The number of benzene rings is 2. The zero-order valence-electron chi connectivity index (χ0n) is 12.5. The fourth-order valence-corrected chi connectivity index (χ4v) is 3.00. The van der Waals surface area contributed by atoms with Gasteiger partial charge in [0, 0.05) is 0 Å². The van der Waals surface area contributed by atoms with Crippen LogP contribution in [0.1, 0.15) is 40.9 Å². The van der Waals surface area contributed by atoms with E-state index in [1.807, 2.05) is 26.0 Å². The molecule has 0 aliphatic heterocycles. The highest BCUT2D eigenvalue weighted by molar-refractivity contribution is 9.09. The van der Waals surface area contributed by atoms with Crippen molar-refractivity contribution in [1.29, 1.82) is 0 Å². The molecule has 0 aliphatic carbocycles. The van der Waals surface area contributed by atoms with Gasteiger partial charge in [-0.15, -0.1) is 0 Å². The Morgan fingerprint density at radius 3 is 2.20 bits per heavy atom. The number of hydrogen-bond donors (Lipinski definition) is 0. The van der Waals surface area contributed by atoms with Crippen molar-refractivity contribution in [3.8, 4) is 5.75 Å². The lowest BCUT2D eigenvalue weighted by atomic mass is 9.98. The van der Waals surface area contributed by atoms with Crippen molar-refractivity contribution in [2.45, 2.75) is 38.6 Å². The number of aryl methyl sites for hydroxylation is 2. The largest absolute Gasteiger partial charge is 0.491 e. The van der Waals surface area contributed by atoms with E-state index in [1.165, 1.54) is 22.3 Å². The quantitative estimate of drug-likeness (QED) is 0.664. The monoisotopic (exact) mass is 332 g/mol. The molecule has 0 saturated carbocycles. The van der Waals surface area contributed by atoms with E-state index in [0.29, 0.717) is 0 Å². The fourth-order valence-electron chi connectivity index (χ4n) is 2.20. The molecule has 1 atom stereocenters. The number of ether oxygens (including phenoxy) is 1. The maximum absolute atomic E-state index is 5.68. The van der Waals surface area contributed by atoms with Crippen LogP contribution in [0, 0.1) is 13.8 Å². The summed E-state index contributed by atoms with van der Waals surface area (Å²) in [7, 11) is 0. The van der Waals surface area contributed by atoms with Crippen LogP contribution in [0.4, 0.5) is 0 Å². The minimum absolute atomic E-state index is 0.208. The van der Waals surface area contributed by atoms with Gasteiger partial charge in [0.1, 0.15) is 5.75 Å². The zero-order valence-corrected chi connectivity index (χ0v) is 14.1. The van der Waals surface area contributed by atoms with Gasteiger partial charge in [0.05, 0.1) is 10.9 Å². The molecule has 1 unspecified atom stereocenters. The molecule has 0 radical (unpaired) electrons. The first kappa shape index (κ1) is 15.1. The lowest BCUT2D eigenvalue weighted by molar-refractivity contribution is 0.242. The summed E-state index contributed by atoms with van der Waals surface area (Å²) in [6.45, 7) is 8.36. The average molecular weight is 333 g/mol. The third kappa shape index (κ3) is 3.63. The number of rotatable bonds is 4. The molecular formula is C18H21BrO. The van der Waals surface area contributed by atoms with Gasteiger partial charge in [-0.2, -0.15) is 0 Å². The summed E-state index contributed by atoms with van der Waals surface area (Å²) < 4.78 is 5.68. The normalized spacial score (nSPS) is 12.5. The summed E-state index contributed by atoms with van der Waals surface area (Å²) in [5, 5.41) is 0. The third-order valence-corrected chi connectivity index (χ3v) is 4.27. The van der Waals surface area contributed by atoms with Crippen LogP contribution in [0.5, 0.6) is 5.75 Å². The SMILES string of the molecule is Cc1ccc(C)c(C(Br)c2ccc(OC(C)C)cc2)c1. The molecule has 0 fully saturated rings. The highest BCUT2D eigenvalue weighted by Gasteiger charge is 2.13. The molecule has 0 aromatic heterocycles. The molecule has 2 rings (SSSR count). The lowest BCUT2D eigenvalue weighted by Crippen LogP contribution is -2.05. The van der Waals surface area contributed by atoms with E-state index in [-0.39, 0.29) is 10.9 Å². The predicted octanol–water partition coefficient (Wildman–Crippen LogP) is 5.57. The molecule has 2 aromatic carbocycles. The highest BCUT2D eigenvalue weighted by Crippen LogP contribution is 2.34. The summed E-state index contributed by atoms with van der Waals surface area (Å²) >= 11 is 3.81. The van der Waals surface area contributed by atoms with E-state index in [4.69, 9.17) is 4.74 Å². The van der Waals surface area contributed by atoms with Gasteiger partial charge in [-0.25, -0.2) is 0 Å². The summed E-state index contributed by atoms with van der Waals surface area (Å²) in [5.41, 5.74) is 5.16. The molecule has 1 nitrogen and oxygen atoms in total. The van der Waals surface area contributed by atoms with Crippen LogP contribution in [0.15, 0.2) is 42.5 Å². The van der Waals surface area contributed by atoms with Crippen molar-refractivity contribution in [1.82, 2.24) is 0 Å². The van der Waals surface area contributed by atoms with Crippen LogP contribution in [0.3, 0.4) is 0 Å². The molecule has 0 N–H and O–H groups in total. The van der Waals surface area contributed by atoms with E-state index in [1.54, 1.807) is 0 Å². The van der Waals surface area contributed by atoms with E-state index in [0.717, 1.165) is 5.75 Å². The highest BCUT2D eigenvalue weighted by atomic mass is 79.9. The second kappa shape index (κ2) is 6.45. The van der Waals surface area contributed by atoms with Crippen LogP contribution in [-0.2, 0) is 0 Å². The van der Waals surface area contributed by atoms with Crippen LogP contribution >= 0.6 is 15.9 Å². The topological polar surface area (TPSA) is 9.23 Å². The fraction of sp³-hybridized carbons (Fsp3) is 0.333. The Kier molecular flexibility index (Phi) is 4.87. The van der Waals surface area contributed by atoms with Crippen molar-refractivity contribution in [2.75, 3.05) is 0 Å². The van der Waals surface area contributed by atoms with Crippen LogP contribution in [0.25, 0.3) is 0 Å². The number of halogens is 1. The maximum atomic E-state index is 5.68. The van der Waals surface area contributed by atoms with Crippen molar-refractivity contribution >= 4 is 15.9 Å². The summed E-state index contributed by atoms with van der Waals surface area (Å²) in [4.78, 5) is 0.218. The van der Waals surface area contributed by atoms with Gasteiger partial charge >= 0.3 is 0 Å². The summed E-state index contributed by atoms with van der Waals surface area (Å²) in [6, 6.07) is 14.9. The summed E-state index contributed by atoms with van der Waals surface area (Å²) in [6.07, 6.45) is 0.208. The van der Waals surface area contributed by atoms with Gasteiger partial charge in [-0.1, -0.05) is 51.8 Å². The first-order valence-electron chi connectivity index (χ1n) is 6.95. The van der Waals surface area contributed by atoms with Crippen LogP contribution < -0.4 is 4.74 Å². The second-order valence-corrected chi connectivity index (χ2v) is 6.37. The van der Waals surface area contributed by atoms with Crippen molar-refractivity contribution < 1.29 is 4.74 Å². The van der Waals surface area contributed by atoms with Gasteiger partial charge in [0.15, 0.2) is 0 Å². The molecule has 0 heterocycles. The smallest absolute Gasteiger partial charge is 0.119 e. The Balaban J connectivity index is 2.24. The molecule has 106 valence electrons.